The molecule has 0 spiro atoms. The fourth-order valence-electron chi connectivity index (χ4n) is 0.477. The Morgan fingerprint density at radius 2 is 1.89 bits per heavy atom. The SMILES string of the molecule is COC([Si])(CCN)OC. The van der Waals surface area contributed by atoms with Crippen LogP contribution in [0.15, 0.2) is 0 Å². The monoisotopic (exact) mass is 146 g/mol. The first-order chi connectivity index (χ1) is 4.18. The van der Waals surface area contributed by atoms with Crippen LogP contribution in [-0.2, 0) is 9.47 Å². The van der Waals surface area contributed by atoms with Gasteiger partial charge in [0.15, 0.2) is 0 Å². The Morgan fingerprint density at radius 1 is 1.44 bits per heavy atom. The van der Waals surface area contributed by atoms with E-state index in [0.717, 1.165) is 0 Å². The molecule has 0 aromatic heterocycles. The minimum Gasteiger partial charge on any atom is -0.358 e. The molecular formula is C5H12NO2Si. The van der Waals surface area contributed by atoms with Gasteiger partial charge in [0.25, 0.3) is 0 Å². The molecule has 0 aromatic carbocycles. The fraction of sp³-hybridized carbons (Fsp3) is 1.00. The Labute approximate surface area is 58.9 Å². The first-order valence-corrected chi connectivity index (χ1v) is 3.24. The van der Waals surface area contributed by atoms with Gasteiger partial charge in [-0.25, -0.2) is 0 Å². The van der Waals surface area contributed by atoms with Crippen LogP contribution in [0, 0.1) is 0 Å². The predicted molar refractivity (Wildman–Crippen MR) is 36.2 cm³/mol. The summed E-state index contributed by atoms with van der Waals surface area (Å²) >= 11 is 0. The second kappa shape index (κ2) is 4.00. The number of rotatable bonds is 4. The van der Waals surface area contributed by atoms with Gasteiger partial charge in [-0.3, -0.25) is 0 Å². The van der Waals surface area contributed by atoms with Crippen molar-refractivity contribution in [1.82, 2.24) is 0 Å². The quantitative estimate of drug-likeness (QED) is 0.427. The summed E-state index contributed by atoms with van der Waals surface area (Å²) in [5, 5.41) is 0. The number of hydrogen-bond acceptors (Lipinski definition) is 3. The van der Waals surface area contributed by atoms with E-state index in [0.29, 0.717) is 13.0 Å². The third-order valence-electron chi connectivity index (χ3n) is 1.13. The van der Waals surface area contributed by atoms with Crippen molar-refractivity contribution in [3.63, 3.8) is 0 Å². The van der Waals surface area contributed by atoms with Crippen molar-refractivity contribution >= 4 is 10.2 Å². The maximum absolute atomic E-state index is 5.27. The van der Waals surface area contributed by atoms with Crippen LogP contribution >= 0.6 is 0 Å². The summed E-state index contributed by atoms with van der Waals surface area (Å²) in [5.74, 6) is 0. The minimum atomic E-state index is -0.686. The number of nitrogens with two attached hydrogens (primary N) is 1. The molecule has 2 N–H and O–H groups in total. The van der Waals surface area contributed by atoms with Gasteiger partial charge in [-0.05, 0) is 6.54 Å². The molecule has 3 radical (unpaired) electrons. The summed E-state index contributed by atoms with van der Waals surface area (Å²) in [6.07, 6.45) is 0.636. The van der Waals surface area contributed by atoms with Crippen molar-refractivity contribution in [2.24, 2.45) is 5.73 Å². The standard InChI is InChI=1S/C5H12NO2Si/c1-7-5(9,8-2)3-4-6/h3-4,6H2,1-2H3. The van der Waals surface area contributed by atoms with Gasteiger partial charge < -0.3 is 15.2 Å². The van der Waals surface area contributed by atoms with E-state index in [1.165, 1.54) is 0 Å². The summed E-state index contributed by atoms with van der Waals surface area (Å²) < 4.78 is 9.88. The first kappa shape index (κ1) is 9.10. The highest BCUT2D eigenvalue weighted by atomic mass is 28.1. The van der Waals surface area contributed by atoms with Crippen molar-refractivity contribution in [1.29, 1.82) is 0 Å². The fourth-order valence-corrected chi connectivity index (χ4v) is 0.622. The Morgan fingerprint density at radius 3 is 2.00 bits per heavy atom. The van der Waals surface area contributed by atoms with Gasteiger partial charge in [0, 0.05) is 20.6 Å². The Kier molecular flexibility index (Phi) is 4.04. The maximum atomic E-state index is 5.27. The van der Waals surface area contributed by atoms with Crippen molar-refractivity contribution in [3.05, 3.63) is 0 Å². The van der Waals surface area contributed by atoms with E-state index in [9.17, 15) is 0 Å². The third kappa shape index (κ3) is 2.95. The third-order valence-corrected chi connectivity index (χ3v) is 1.79. The van der Waals surface area contributed by atoms with E-state index >= 15 is 0 Å². The highest BCUT2D eigenvalue weighted by molar-refractivity contribution is 6.13. The van der Waals surface area contributed by atoms with Gasteiger partial charge in [0.05, 0.1) is 0 Å². The molecule has 0 aromatic rings. The lowest BCUT2D eigenvalue weighted by Gasteiger charge is -2.25. The maximum Gasteiger partial charge on any atom is 0.144 e. The molecule has 53 valence electrons. The molecule has 3 nitrogen and oxygen atoms in total. The van der Waals surface area contributed by atoms with Gasteiger partial charge in [-0.15, -0.1) is 0 Å². The first-order valence-electron chi connectivity index (χ1n) is 2.74. The highest BCUT2D eigenvalue weighted by Crippen LogP contribution is 2.08. The van der Waals surface area contributed by atoms with E-state index in [-0.39, 0.29) is 0 Å². The van der Waals surface area contributed by atoms with Crippen LogP contribution in [0.3, 0.4) is 0 Å². The summed E-state index contributed by atoms with van der Waals surface area (Å²) in [5.41, 5.74) is 4.59. The Bertz CT molecular complexity index is 75.4. The Hall–Kier alpha value is 0.0969. The molecular weight excluding hydrogens is 134 g/mol. The van der Waals surface area contributed by atoms with E-state index in [1.54, 1.807) is 14.2 Å². The summed E-state index contributed by atoms with van der Waals surface area (Å²) in [6, 6.07) is 0. The van der Waals surface area contributed by atoms with E-state index < -0.39 is 5.41 Å². The van der Waals surface area contributed by atoms with Gasteiger partial charge in [-0.2, -0.15) is 0 Å². The van der Waals surface area contributed by atoms with Crippen molar-refractivity contribution in [2.75, 3.05) is 20.8 Å². The molecule has 0 amide bonds. The van der Waals surface area contributed by atoms with E-state index in [1.807, 2.05) is 0 Å². The minimum absolute atomic E-state index is 0.533. The van der Waals surface area contributed by atoms with Crippen molar-refractivity contribution in [2.45, 2.75) is 11.8 Å². The second-order valence-corrected chi connectivity index (χ2v) is 2.46. The average molecular weight is 146 g/mol. The van der Waals surface area contributed by atoms with Crippen LogP contribution in [0.1, 0.15) is 6.42 Å². The van der Waals surface area contributed by atoms with Gasteiger partial charge in [-0.1, -0.05) is 0 Å². The molecule has 9 heavy (non-hydrogen) atoms. The van der Waals surface area contributed by atoms with Gasteiger partial charge in [0.1, 0.15) is 15.7 Å². The van der Waals surface area contributed by atoms with Crippen LogP contribution in [0.2, 0.25) is 0 Å². The molecule has 0 unspecified atom stereocenters. The number of ether oxygens (including phenoxy) is 2. The summed E-state index contributed by atoms with van der Waals surface area (Å²) in [4.78, 5) is 0. The zero-order valence-electron chi connectivity index (χ0n) is 5.81. The van der Waals surface area contributed by atoms with Gasteiger partial charge >= 0.3 is 0 Å². The topological polar surface area (TPSA) is 44.5 Å². The second-order valence-electron chi connectivity index (χ2n) is 1.70. The van der Waals surface area contributed by atoms with Crippen molar-refractivity contribution < 1.29 is 9.47 Å². The molecule has 0 bridgehead atoms. The zero-order chi connectivity index (χ0) is 7.33. The molecule has 0 aliphatic heterocycles. The van der Waals surface area contributed by atoms with Crippen LogP contribution in [0.5, 0.6) is 0 Å². The van der Waals surface area contributed by atoms with Crippen LogP contribution in [0.25, 0.3) is 0 Å². The van der Waals surface area contributed by atoms with Crippen LogP contribution < -0.4 is 5.73 Å². The molecule has 0 aliphatic rings. The average Bonchev–Trinajstić information content (AvgIpc) is 1.89. The van der Waals surface area contributed by atoms with E-state index in [2.05, 4.69) is 10.2 Å². The van der Waals surface area contributed by atoms with E-state index in [4.69, 9.17) is 15.2 Å². The molecule has 0 atom stereocenters. The molecule has 0 aliphatic carbocycles. The normalized spacial score (nSPS) is 12.0. The van der Waals surface area contributed by atoms with Gasteiger partial charge in [0.2, 0.25) is 0 Å². The van der Waals surface area contributed by atoms with Crippen LogP contribution in [-0.4, -0.2) is 36.4 Å². The molecule has 0 saturated carbocycles. The highest BCUT2D eigenvalue weighted by Gasteiger charge is 2.20. The summed E-state index contributed by atoms with van der Waals surface area (Å²) in [6.45, 7) is 0.533. The largest absolute Gasteiger partial charge is 0.358 e. The number of hydrogen-bond donors (Lipinski definition) is 1. The predicted octanol–water partition coefficient (Wildman–Crippen LogP) is -0.550. The molecule has 0 saturated heterocycles. The van der Waals surface area contributed by atoms with Crippen LogP contribution in [0.4, 0.5) is 0 Å². The lowest BCUT2D eigenvalue weighted by Crippen LogP contribution is -2.36. The lowest BCUT2D eigenvalue weighted by molar-refractivity contribution is -0.144. The molecule has 0 heterocycles. The smallest absolute Gasteiger partial charge is 0.144 e. The summed E-state index contributed by atoms with van der Waals surface area (Å²) in [7, 11) is 6.39. The Balaban J connectivity index is 3.62. The lowest BCUT2D eigenvalue weighted by atomic mass is 10.4. The van der Waals surface area contributed by atoms with Crippen molar-refractivity contribution in [3.8, 4) is 0 Å². The molecule has 4 heteroatoms. The molecule has 0 fully saturated rings. The molecule has 0 rings (SSSR count). The zero-order valence-corrected chi connectivity index (χ0v) is 6.81. The number of methoxy groups -OCH3 is 2.